The maximum atomic E-state index is 15.0. The van der Waals surface area contributed by atoms with Crippen LogP contribution in [0.3, 0.4) is 0 Å². The number of alkyl halides is 1. The number of halogens is 2. The quantitative estimate of drug-likeness (QED) is 0.592. The Morgan fingerprint density at radius 2 is 2.03 bits per heavy atom. The molecule has 1 aromatic carbocycles. The zero-order valence-corrected chi connectivity index (χ0v) is 17.1. The third-order valence-corrected chi connectivity index (χ3v) is 6.44. The Labute approximate surface area is 178 Å². The zero-order valence-electron chi connectivity index (χ0n) is 17.1. The van der Waals surface area contributed by atoms with Gasteiger partial charge in [-0.1, -0.05) is 6.42 Å². The van der Waals surface area contributed by atoms with Gasteiger partial charge in [0, 0.05) is 36.5 Å². The largest absolute Gasteiger partial charge is 0.507 e. The van der Waals surface area contributed by atoms with Crippen molar-refractivity contribution >= 4 is 5.82 Å². The van der Waals surface area contributed by atoms with Crippen LogP contribution >= 0.6 is 0 Å². The molecule has 2 aromatic heterocycles. The number of hydrogen-bond donors (Lipinski definition) is 3. The Balaban J connectivity index is 1.38. The first-order chi connectivity index (χ1) is 15.0. The molecular weight excluding hydrogens is 402 g/mol. The van der Waals surface area contributed by atoms with E-state index in [-0.39, 0.29) is 29.0 Å². The summed E-state index contributed by atoms with van der Waals surface area (Å²) < 4.78 is 29.6. The molecule has 0 radical (unpaired) electrons. The topological polar surface area (TPSA) is 90.0 Å². The van der Waals surface area contributed by atoms with Gasteiger partial charge in [-0.3, -0.25) is 10.1 Å². The van der Waals surface area contributed by atoms with Gasteiger partial charge in [0.05, 0.1) is 29.8 Å². The lowest BCUT2D eigenvalue weighted by Gasteiger charge is -2.46. The highest BCUT2D eigenvalue weighted by Gasteiger charge is 2.41. The molecule has 2 aliphatic heterocycles. The number of aromatic amines is 1. The van der Waals surface area contributed by atoms with Gasteiger partial charge in [0.2, 0.25) is 0 Å². The number of phenols is 1. The maximum absolute atomic E-state index is 15.0. The first-order valence-corrected chi connectivity index (χ1v) is 10.5. The minimum Gasteiger partial charge on any atom is -0.507 e. The van der Waals surface area contributed by atoms with Crippen LogP contribution in [0.2, 0.25) is 0 Å². The Morgan fingerprint density at radius 1 is 1.16 bits per heavy atom. The summed E-state index contributed by atoms with van der Waals surface area (Å²) >= 11 is 0. The highest BCUT2D eigenvalue weighted by Crippen LogP contribution is 2.35. The normalized spacial score (nSPS) is 25.4. The molecule has 162 valence electrons. The Kier molecular flexibility index (Phi) is 5.05. The molecule has 3 N–H and O–H groups in total. The van der Waals surface area contributed by atoms with Crippen molar-refractivity contribution in [2.75, 3.05) is 11.9 Å². The number of hydrogen-bond acceptors (Lipinski definition) is 6. The van der Waals surface area contributed by atoms with E-state index in [1.54, 1.807) is 12.3 Å². The molecule has 2 bridgehead atoms. The molecule has 31 heavy (non-hydrogen) atoms. The molecular formula is C22H24F2N6O. The number of H-pyrrole nitrogens is 1. The van der Waals surface area contributed by atoms with Crippen LogP contribution < -0.4 is 10.2 Å². The smallest absolute Gasteiger partial charge is 0.147 e. The van der Waals surface area contributed by atoms with Crippen LogP contribution in [0.25, 0.3) is 22.5 Å². The molecule has 4 atom stereocenters. The van der Waals surface area contributed by atoms with E-state index in [1.165, 1.54) is 24.5 Å². The number of piperidine rings is 2. The molecule has 0 aliphatic carbocycles. The van der Waals surface area contributed by atoms with Gasteiger partial charge in [0.15, 0.2) is 0 Å². The van der Waals surface area contributed by atoms with Crippen molar-refractivity contribution in [3.8, 4) is 28.3 Å². The number of nitrogens with zero attached hydrogens (tertiary/aromatic N) is 4. The number of nitrogens with one attached hydrogen (secondary N) is 2. The third kappa shape index (κ3) is 3.63. The third-order valence-electron chi connectivity index (χ3n) is 6.44. The highest BCUT2D eigenvalue weighted by molar-refractivity contribution is 5.73. The van der Waals surface area contributed by atoms with Gasteiger partial charge >= 0.3 is 0 Å². The SMILES string of the molecule is CN(c1cnc(-c2cc(F)c(-c3ccn[nH]3)cc2O)cn1)[C@H]1C[C@@H]2CCCC(N2)[C@H]1F. The zero-order chi connectivity index (χ0) is 21.5. The molecule has 2 fully saturated rings. The first-order valence-electron chi connectivity index (χ1n) is 10.5. The predicted octanol–water partition coefficient (Wildman–Crippen LogP) is 3.44. The number of benzene rings is 1. The van der Waals surface area contributed by atoms with Crippen LogP contribution in [-0.4, -0.2) is 56.6 Å². The average molecular weight is 426 g/mol. The molecule has 9 heteroatoms. The van der Waals surface area contributed by atoms with Gasteiger partial charge < -0.3 is 15.3 Å². The number of rotatable bonds is 4. The monoisotopic (exact) mass is 426 g/mol. The van der Waals surface area contributed by atoms with Crippen molar-refractivity contribution in [2.24, 2.45) is 0 Å². The van der Waals surface area contributed by atoms with Gasteiger partial charge in [0.25, 0.3) is 0 Å². The number of aromatic hydroxyl groups is 1. The number of fused-ring (bicyclic) bond motifs is 2. The standard InChI is InChI=1S/C22H24F2N6O/c1-30(19-7-12-3-2-4-17(28-12)22(19)24)21-11-25-18(10-26-21)14-8-15(23)13(9-20(14)31)16-5-6-27-29-16/h5-6,8-12,17,19,22,28,31H,2-4,7H2,1H3,(H,27,29)/t12-,17?,19-,22+/m0/s1. The Bertz CT molecular complexity index is 1060. The summed E-state index contributed by atoms with van der Waals surface area (Å²) in [4.78, 5) is 10.6. The van der Waals surface area contributed by atoms with Crippen molar-refractivity contribution in [1.29, 1.82) is 0 Å². The molecule has 0 amide bonds. The fraction of sp³-hybridized carbons (Fsp3) is 0.409. The van der Waals surface area contributed by atoms with Crippen LogP contribution in [0, 0.1) is 5.82 Å². The Morgan fingerprint density at radius 3 is 2.77 bits per heavy atom. The van der Waals surface area contributed by atoms with E-state index in [1.807, 2.05) is 11.9 Å². The molecule has 4 heterocycles. The second-order valence-electron chi connectivity index (χ2n) is 8.34. The lowest BCUT2D eigenvalue weighted by atomic mass is 9.82. The number of aromatic nitrogens is 4. The van der Waals surface area contributed by atoms with Crippen molar-refractivity contribution < 1.29 is 13.9 Å². The van der Waals surface area contributed by atoms with E-state index in [4.69, 9.17) is 0 Å². The van der Waals surface area contributed by atoms with Gasteiger partial charge in [-0.25, -0.2) is 13.8 Å². The highest BCUT2D eigenvalue weighted by atomic mass is 19.1. The van der Waals surface area contributed by atoms with Crippen LogP contribution in [0.15, 0.2) is 36.8 Å². The summed E-state index contributed by atoms with van der Waals surface area (Å²) in [5.41, 5.74) is 1.26. The van der Waals surface area contributed by atoms with E-state index in [0.29, 0.717) is 23.2 Å². The number of anilines is 1. The molecule has 5 rings (SSSR count). The minimum absolute atomic E-state index is 0.111. The predicted molar refractivity (Wildman–Crippen MR) is 113 cm³/mol. The van der Waals surface area contributed by atoms with E-state index in [0.717, 1.165) is 25.7 Å². The van der Waals surface area contributed by atoms with Crippen LogP contribution in [0.5, 0.6) is 5.75 Å². The van der Waals surface area contributed by atoms with Gasteiger partial charge in [0.1, 0.15) is 23.6 Å². The summed E-state index contributed by atoms with van der Waals surface area (Å²) in [6.45, 7) is 0. The second kappa shape index (κ2) is 7.88. The van der Waals surface area contributed by atoms with Gasteiger partial charge in [-0.2, -0.15) is 5.10 Å². The molecule has 0 saturated carbocycles. The summed E-state index contributed by atoms with van der Waals surface area (Å²) in [6, 6.07) is 4.14. The lowest BCUT2D eigenvalue weighted by Crippen LogP contribution is -2.61. The van der Waals surface area contributed by atoms with Crippen molar-refractivity contribution in [3.63, 3.8) is 0 Å². The second-order valence-corrected chi connectivity index (χ2v) is 8.34. The van der Waals surface area contributed by atoms with Crippen LogP contribution in [-0.2, 0) is 0 Å². The minimum atomic E-state index is -0.976. The fourth-order valence-electron chi connectivity index (χ4n) is 4.74. The van der Waals surface area contributed by atoms with Gasteiger partial charge in [-0.05, 0) is 37.5 Å². The summed E-state index contributed by atoms with van der Waals surface area (Å²) in [7, 11) is 1.83. The van der Waals surface area contributed by atoms with Crippen molar-refractivity contribution in [2.45, 2.75) is 50.0 Å². The fourth-order valence-corrected chi connectivity index (χ4v) is 4.74. The van der Waals surface area contributed by atoms with Crippen LogP contribution in [0.1, 0.15) is 25.7 Å². The van der Waals surface area contributed by atoms with Crippen LogP contribution in [0.4, 0.5) is 14.6 Å². The molecule has 0 spiro atoms. The summed E-state index contributed by atoms with van der Waals surface area (Å²) in [6.07, 6.45) is 7.26. The summed E-state index contributed by atoms with van der Waals surface area (Å²) in [5.74, 6) is -0.0802. The lowest BCUT2D eigenvalue weighted by molar-refractivity contribution is 0.107. The first kappa shape index (κ1) is 19.9. The molecule has 3 aromatic rings. The van der Waals surface area contributed by atoms with E-state index in [9.17, 15) is 9.50 Å². The average Bonchev–Trinajstić information content (AvgIpc) is 3.32. The summed E-state index contributed by atoms with van der Waals surface area (Å²) in [5, 5.41) is 20.3. The maximum Gasteiger partial charge on any atom is 0.147 e. The molecule has 7 nitrogen and oxygen atoms in total. The van der Waals surface area contributed by atoms with Crippen molar-refractivity contribution in [1.82, 2.24) is 25.5 Å². The van der Waals surface area contributed by atoms with E-state index in [2.05, 4.69) is 25.5 Å². The van der Waals surface area contributed by atoms with Gasteiger partial charge in [-0.15, -0.1) is 0 Å². The molecule has 2 aliphatic rings. The van der Waals surface area contributed by atoms with E-state index >= 15 is 4.39 Å². The van der Waals surface area contributed by atoms with E-state index < -0.39 is 12.0 Å². The molecule has 2 saturated heterocycles. The molecule has 1 unspecified atom stereocenters. The Hall–Kier alpha value is -3.07. The number of phenolic OH excluding ortho intramolecular Hbond substituents is 1. The van der Waals surface area contributed by atoms with Crippen molar-refractivity contribution in [3.05, 3.63) is 42.6 Å².